The number of ketones is 1. The number of rotatable bonds is 14. The Morgan fingerprint density at radius 2 is 1.68 bits per heavy atom. The highest BCUT2D eigenvalue weighted by molar-refractivity contribution is 5.85. The lowest BCUT2D eigenvalue weighted by Gasteiger charge is -2.25. The maximum Gasteiger partial charge on any atom is 0.331 e. The zero-order chi connectivity index (χ0) is 29.0. The Balaban J connectivity index is 2.63. The number of aliphatic hydroxyl groups is 1. The number of carboxylic acid groups (broad SMARTS) is 1. The number of cyclic esters (lactones) is 1. The van der Waals surface area contributed by atoms with Crippen LogP contribution in [0.15, 0.2) is 71.4 Å². The van der Waals surface area contributed by atoms with E-state index in [1.54, 1.807) is 13.8 Å². The molecular formula is C32H46O6. The van der Waals surface area contributed by atoms with Gasteiger partial charge in [0, 0.05) is 29.9 Å². The highest BCUT2D eigenvalue weighted by Crippen LogP contribution is 2.24. The SMILES string of the molecule is CC(=C/C(C)C/C=C/C(C)=C/C(C)C(=O)C(C)[C@H](O)C(C)C/C(C)=C/C(=O)O)/C=C/[C@@H]1OC(=O)C=C[C@@H]1C. The van der Waals surface area contributed by atoms with E-state index < -0.39 is 18.0 Å². The lowest BCUT2D eigenvalue weighted by atomic mass is 9.83. The van der Waals surface area contributed by atoms with Gasteiger partial charge in [-0.3, -0.25) is 4.79 Å². The van der Waals surface area contributed by atoms with Crippen LogP contribution in [0.1, 0.15) is 68.2 Å². The van der Waals surface area contributed by atoms with Gasteiger partial charge in [-0.05, 0) is 51.5 Å². The number of aliphatic carboxylic acids is 1. The second-order valence-corrected chi connectivity index (χ2v) is 10.9. The summed E-state index contributed by atoms with van der Waals surface area (Å²) in [5.41, 5.74) is 2.75. The number of ether oxygens (including phenoxy) is 1. The molecule has 0 aromatic rings. The Labute approximate surface area is 228 Å². The molecule has 0 spiro atoms. The van der Waals surface area contributed by atoms with Crippen molar-refractivity contribution in [1.29, 1.82) is 0 Å². The monoisotopic (exact) mass is 526 g/mol. The van der Waals surface area contributed by atoms with Crippen LogP contribution in [0.2, 0.25) is 0 Å². The van der Waals surface area contributed by atoms with Crippen LogP contribution < -0.4 is 0 Å². The fraction of sp³-hybridized carbons (Fsp3) is 0.531. The van der Waals surface area contributed by atoms with E-state index in [-0.39, 0.29) is 35.6 Å². The maximum absolute atomic E-state index is 12.9. The zero-order valence-electron chi connectivity index (χ0n) is 24.2. The largest absolute Gasteiger partial charge is 0.478 e. The minimum atomic E-state index is -1.01. The molecule has 0 saturated heterocycles. The van der Waals surface area contributed by atoms with Gasteiger partial charge in [0.25, 0.3) is 0 Å². The van der Waals surface area contributed by atoms with Crippen LogP contribution in [0.25, 0.3) is 0 Å². The first kappa shape index (κ1) is 33.0. The van der Waals surface area contributed by atoms with E-state index in [2.05, 4.69) is 19.1 Å². The van der Waals surface area contributed by atoms with E-state index in [1.165, 1.54) is 6.08 Å². The van der Waals surface area contributed by atoms with Crippen LogP contribution in [0, 0.1) is 29.6 Å². The van der Waals surface area contributed by atoms with Gasteiger partial charge < -0.3 is 14.9 Å². The quantitative estimate of drug-likeness (QED) is 0.154. The first-order valence-corrected chi connectivity index (χ1v) is 13.4. The average molecular weight is 527 g/mol. The third kappa shape index (κ3) is 12.0. The van der Waals surface area contributed by atoms with Crippen LogP contribution in [0.5, 0.6) is 0 Å². The third-order valence-corrected chi connectivity index (χ3v) is 6.81. The number of carbonyl (C=O) groups excluding carboxylic acids is 2. The molecule has 0 saturated carbocycles. The number of carbonyl (C=O) groups is 3. The molecule has 0 aliphatic carbocycles. The van der Waals surface area contributed by atoms with Crippen molar-refractivity contribution in [3.8, 4) is 0 Å². The topological polar surface area (TPSA) is 101 Å². The summed E-state index contributed by atoms with van der Waals surface area (Å²) in [7, 11) is 0. The second kappa shape index (κ2) is 16.1. The smallest absolute Gasteiger partial charge is 0.331 e. The summed E-state index contributed by atoms with van der Waals surface area (Å²) in [4.78, 5) is 35.2. The standard InChI is InChI=1S/C32H46O6/c1-20(16-22(3)12-14-28-24(5)13-15-30(35)38-28)10-9-11-21(2)17-25(6)31(36)27(8)32(37)26(7)18-23(4)19-29(33)34/h9,11-17,19-20,24-28,32,37H,10,18H2,1-8H3,(H,33,34)/b11-9+,14-12+,21-17+,22-16-,23-19+/t20?,24-,25?,26?,27?,28-,32+/m0/s1. The number of Topliss-reactive ketones (excluding diaryl/α,β-unsaturated/α-hetero) is 1. The van der Waals surface area contributed by atoms with E-state index >= 15 is 0 Å². The van der Waals surface area contributed by atoms with Crippen molar-refractivity contribution in [2.75, 3.05) is 0 Å². The Bertz CT molecular complexity index is 1010. The van der Waals surface area contributed by atoms with Gasteiger partial charge >= 0.3 is 11.9 Å². The Hall–Kier alpha value is -2.99. The molecule has 4 unspecified atom stereocenters. The molecule has 6 nitrogen and oxygen atoms in total. The lowest BCUT2D eigenvalue weighted by Crippen LogP contribution is -2.34. The molecule has 0 aromatic heterocycles. The molecule has 6 heteroatoms. The Morgan fingerprint density at radius 1 is 1.05 bits per heavy atom. The maximum atomic E-state index is 12.9. The van der Waals surface area contributed by atoms with Gasteiger partial charge in [-0.15, -0.1) is 0 Å². The minimum absolute atomic E-state index is 0.0378. The molecule has 1 aliphatic heterocycles. The van der Waals surface area contributed by atoms with Gasteiger partial charge in [-0.2, -0.15) is 0 Å². The molecular weight excluding hydrogens is 480 g/mol. The van der Waals surface area contributed by atoms with Gasteiger partial charge in [0.2, 0.25) is 0 Å². The molecule has 0 radical (unpaired) electrons. The van der Waals surface area contributed by atoms with Crippen molar-refractivity contribution in [3.63, 3.8) is 0 Å². The molecule has 0 fully saturated rings. The van der Waals surface area contributed by atoms with Crippen LogP contribution in [0.4, 0.5) is 0 Å². The normalized spacial score (nSPS) is 23.3. The molecule has 0 amide bonds. The number of carboxylic acids is 1. The molecule has 1 aliphatic rings. The highest BCUT2D eigenvalue weighted by atomic mass is 16.5. The van der Waals surface area contributed by atoms with Crippen molar-refractivity contribution in [2.45, 2.75) is 80.4 Å². The fourth-order valence-electron chi connectivity index (χ4n) is 4.63. The van der Waals surface area contributed by atoms with Crippen molar-refractivity contribution < 1.29 is 29.3 Å². The van der Waals surface area contributed by atoms with Gasteiger partial charge in [0.05, 0.1) is 6.10 Å². The lowest BCUT2D eigenvalue weighted by molar-refractivity contribution is -0.143. The summed E-state index contributed by atoms with van der Waals surface area (Å²) in [5.74, 6) is -2.02. The van der Waals surface area contributed by atoms with Crippen molar-refractivity contribution >= 4 is 17.7 Å². The molecule has 38 heavy (non-hydrogen) atoms. The van der Waals surface area contributed by atoms with E-state index in [9.17, 15) is 19.5 Å². The van der Waals surface area contributed by atoms with E-state index in [0.717, 1.165) is 23.6 Å². The van der Waals surface area contributed by atoms with Crippen LogP contribution in [-0.4, -0.2) is 40.1 Å². The molecule has 7 atom stereocenters. The minimum Gasteiger partial charge on any atom is -0.478 e. The zero-order valence-corrected chi connectivity index (χ0v) is 24.2. The molecule has 2 N–H and O–H groups in total. The van der Waals surface area contributed by atoms with Gasteiger partial charge in [-0.25, -0.2) is 9.59 Å². The number of aliphatic hydroxyl groups excluding tert-OH is 1. The van der Waals surface area contributed by atoms with Crippen molar-refractivity contribution in [2.24, 2.45) is 29.6 Å². The molecule has 1 heterocycles. The van der Waals surface area contributed by atoms with Crippen molar-refractivity contribution in [3.05, 3.63) is 71.4 Å². The Kier molecular flexibility index (Phi) is 14.0. The fourth-order valence-corrected chi connectivity index (χ4v) is 4.63. The number of hydrogen-bond donors (Lipinski definition) is 2. The molecule has 0 aromatic carbocycles. The first-order chi connectivity index (χ1) is 17.7. The number of esters is 1. The molecule has 0 bridgehead atoms. The number of allylic oxidation sites excluding steroid dienone is 8. The first-order valence-electron chi connectivity index (χ1n) is 13.4. The number of hydrogen-bond acceptors (Lipinski definition) is 5. The van der Waals surface area contributed by atoms with Crippen LogP contribution in [0.3, 0.4) is 0 Å². The van der Waals surface area contributed by atoms with Gasteiger partial charge in [0.15, 0.2) is 0 Å². The van der Waals surface area contributed by atoms with Crippen LogP contribution in [-0.2, 0) is 19.1 Å². The second-order valence-electron chi connectivity index (χ2n) is 10.9. The van der Waals surface area contributed by atoms with Crippen LogP contribution >= 0.6 is 0 Å². The molecule has 1 rings (SSSR count). The highest BCUT2D eigenvalue weighted by Gasteiger charge is 2.29. The predicted molar refractivity (Wildman–Crippen MR) is 152 cm³/mol. The summed E-state index contributed by atoms with van der Waals surface area (Å²) in [6.45, 7) is 15.3. The van der Waals surface area contributed by atoms with Gasteiger partial charge in [0.1, 0.15) is 11.9 Å². The summed E-state index contributed by atoms with van der Waals surface area (Å²) in [5, 5.41) is 19.5. The average Bonchev–Trinajstić information content (AvgIpc) is 2.82. The van der Waals surface area contributed by atoms with E-state index in [1.807, 2.05) is 65.0 Å². The van der Waals surface area contributed by atoms with E-state index in [0.29, 0.717) is 17.9 Å². The summed E-state index contributed by atoms with van der Waals surface area (Å²) < 4.78 is 5.34. The summed E-state index contributed by atoms with van der Waals surface area (Å²) in [6, 6.07) is 0. The Morgan fingerprint density at radius 3 is 2.32 bits per heavy atom. The van der Waals surface area contributed by atoms with Gasteiger partial charge in [-0.1, -0.05) is 87.8 Å². The third-order valence-electron chi connectivity index (χ3n) is 6.81. The predicted octanol–water partition coefficient (Wildman–Crippen LogP) is 6.39. The van der Waals surface area contributed by atoms with Crippen molar-refractivity contribution in [1.82, 2.24) is 0 Å². The van der Waals surface area contributed by atoms with E-state index in [4.69, 9.17) is 9.84 Å². The summed E-state index contributed by atoms with van der Waals surface area (Å²) in [6.07, 6.45) is 16.8. The summed E-state index contributed by atoms with van der Waals surface area (Å²) >= 11 is 0. The molecule has 210 valence electrons.